The standard InChI is InChI=1S/C16H16N2O3/c19-14-8-6-12(7-9-14)10-17-15(20)11-18-16(21)13-4-2-1-3-5-13/h1-9,19H,10-11H2,(H,17,20)(H,18,21). The van der Waals surface area contributed by atoms with Gasteiger partial charge in [-0.25, -0.2) is 0 Å². The Morgan fingerprint density at radius 1 is 0.905 bits per heavy atom. The molecule has 108 valence electrons. The highest BCUT2D eigenvalue weighted by atomic mass is 16.3. The average molecular weight is 284 g/mol. The summed E-state index contributed by atoms with van der Waals surface area (Å²) in [6.45, 7) is 0.270. The Balaban J connectivity index is 1.75. The maximum absolute atomic E-state index is 11.7. The first-order chi connectivity index (χ1) is 10.1. The molecule has 0 aliphatic rings. The Morgan fingerprint density at radius 2 is 1.57 bits per heavy atom. The molecule has 0 heterocycles. The fraction of sp³-hybridized carbons (Fsp3) is 0.125. The molecule has 0 aliphatic heterocycles. The van der Waals surface area contributed by atoms with Gasteiger partial charge in [-0.15, -0.1) is 0 Å². The van der Waals surface area contributed by atoms with Crippen LogP contribution in [-0.4, -0.2) is 23.5 Å². The highest BCUT2D eigenvalue weighted by Crippen LogP contribution is 2.08. The number of carbonyl (C=O) groups excluding carboxylic acids is 2. The van der Waals surface area contributed by atoms with Crippen LogP contribution in [0.5, 0.6) is 5.75 Å². The van der Waals surface area contributed by atoms with E-state index in [4.69, 9.17) is 5.11 Å². The molecule has 0 unspecified atom stereocenters. The van der Waals surface area contributed by atoms with Crippen molar-refractivity contribution < 1.29 is 14.7 Å². The number of benzene rings is 2. The summed E-state index contributed by atoms with van der Waals surface area (Å²) < 4.78 is 0. The lowest BCUT2D eigenvalue weighted by atomic mass is 10.2. The molecule has 0 saturated heterocycles. The summed E-state index contributed by atoms with van der Waals surface area (Å²) in [5, 5.41) is 14.4. The van der Waals surface area contributed by atoms with Gasteiger partial charge in [-0.3, -0.25) is 9.59 Å². The van der Waals surface area contributed by atoms with E-state index in [1.807, 2.05) is 6.07 Å². The van der Waals surface area contributed by atoms with Crippen molar-refractivity contribution in [3.05, 3.63) is 65.7 Å². The molecule has 0 spiro atoms. The summed E-state index contributed by atoms with van der Waals surface area (Å²) >= 11 is 0. The van der Waals surface area contributed by atoms with Crippen molar-refractivity contribution in [2.24, 2.45) is 0 Å². The van der Waals surface area contributed by atoms with Crippen molar-refractivity contribution in [3.8, 4) is 5.75 Å². The van der Waals surface area contributed by atoms with Gasteiger partial charge in [0.25, 0.3) is 5.91 Å². The van der Waals surface area contributed by atoms with Crippen LogP contribution in [0.2, 0.25) is 0 Å². The van der Waals surface area contributed by atoms with Crippen LogP contribution in [0.1, 0.15) is 15.9 Å². The number of hydrogen-bond acceptors (Lipinski definition) is 3. The van der Waals surface area contributed by atoms with E-state index in [-0.39, 0.29) is 24.1 Å². The molecular formula is C16H16N2O3. The molecule has 2 rings (SSSR count). The van der Waals surface area contributed by atoms with Crippen LogP contribution >= 0.6 is 0 Å². The number of hydrogen-bond donors (Lipinski definition) is 3. The zero-order valence-electron chi connectivity index (χ0n) is 11.4. The Hall–Kier alpha value is -2.82. The summed E-state index contributed by atoms with van der Waals surface area (Å²) in [6, 6.07) is 15.3. The summed E-state index contributed by atoms with van der Waals surface area (Å²) in [7, 11) is 0. The molecule has 21 heavy (non-hydrogen) atoms. The Labute approximate surface area is 122 Å². The number of amides is 2. The third kappa shape index (κ3) is 4.65. The van der Waals surface area contributed by atoms with E-state index < -0.39 is 0 Å². The monoisotopic (exact) mass is 284 g/mol. The molecule has 0 bridgehead atoms. The van der Waals surface area contributed by atoms with Crippen LogP contribution in [0, 0.1) is 0 Å². The van der Waals surface area contributed by atoms with Gasteiger partial charge < -0.3 is 15.7 Å². The molecule has 0 radical (unpaired) electrons. The fourth-order valence-electron chi connectivity index (χ4n) is 1.73. The SMILES string of the molecule is O=C(CNC(=O)c1ccccc1)NCc1ccc(O)cc1. The van der Waals surface area contributed by atoms with Gasteiger partial charge in [0.05, 0.1) is 6.54 Å². The van der Waals surface area contributed by atoms with E-state index in [0.29, 0.717) is 12.1 Å². The number of nitrogens with one attached hydrogen (secondary N) is 2. The molecule has 0 atom stereocenters. The minimum Gasteiger partial charge on any atom is -0.508 e. The first-order valence-electron chi connectivity index (χ1n) is 6.53. The van der Waals surface area contributed by atoms with Gasteiger partial charge in [0.15, 0.2) is 0 Å². The minimum atomic E-state index is -0.282. The van der Waals surface area contributed by atoms with Crippen LogP contribution in [0.15, 0.2) is 54.6 Å². The van der Waals surface area contributed by atoms with Crippen molar-refractivity contribution in [2.45, 2.75) is 6.54 Å². The summed E-state index contributed by atoms with van der Waals surface area (Å²) in [5.41, 5.74) is 1.39. The Bertz CT molecular complexity index is 609. The van der Waals surface area contributed by atoms with E-state index in [9.17, 15) is 9.59 Å². The van der Waals surface area contributed by atoms with Gasteiger partial charge in [-0.1, -0.05) is 30.3 Å². The van der Waals surface area contributed by atoms with Gasteiger partial charge in [0.1, 0.15) is 5.75 Å². The highest BCUT2D eigenvalue weighted by molar-refractivity contribution is 5.96. The summed E-state index contributed by atoms with van der Waals surface area (Å²) in [5.74, 6) is -0.372. The minimum absolute atomic E-state index is 0.0776. The largest absolute Gasteiger partial charge is 0.508 e. The molecule has 0 saturated carbocycles. The first-order valence-corrected chi connectivity index (χ1v) is 6.53. The van der Waals surface area contributed by atoms with Gasteiger partial charge in [-0.2, -0.15) is 0 Å². The lowest BCUT2D eigenvalue weighted by Gasteiger charge is -2.07. The molecule has 3 N–H and O–H groups in total. The summed E-state index contributed by atoms with van der Waals surface area (Å²) in [6.07, 6.45) is 0. The van der Waals surface area contributed by atoms with Crippen LogP contribution in [-0.2, 0) is 11.3 Å². The van der Waals surface area contributed by atoms with Gasteiger partial charge in [-0.05, 0) is 29.8 Å². The second kappa shape index (κ2) is 7.09. The van der Waals surface area contributed by atoms with Crippen molar-refractivity contribution in [1.29, 1.82) is 0 Å². The third-order valence-corrected chi connectivity index (χ3v) is 2.87. The molecule has 2 aromatic rings. The van der Waals surface area contributed by atoms with E-state index in [0.717, 1.165) is 5.56 Å². The molecule has 0 aliphatic carbocycles. The zero-order chi connectivity index (χ0) is 15.1. The second-order valence-electron chi connectivity index (χ2n) is 4.49. The number of aromatic hydroxyl groups is 1. The molecule has 5 nitrogen and oxygen atoms in total. The normalized spacial score (nSPS) is 9.90. The predicted octanol–water partition coefficient (Wildman–Crippen LogP) is 1.44. The number of rotatable bonds is 5. The van der Waals surface area contributed by atoms with Crippen molar-refractivity contribution in [2.75, 3.05) is 6.54 Å². The fourth-order valence-corrected chi connectivity index (χ4v) is 1.73. The van der Waals surface area contributed by atoms with Gasteiger partial charge in [0.2, 0.25) is 5.91 Å². The van der Waals surface area contributed by atoms with Crippen molar-refractivity contribution >= 4 is 11.8 Å². The molecule has 0 aromatic heterocycles. The van der Waals surface area contributed by atoms with Crippen LogP contribution in [0.3, 0.4) is 0 Å². The number of phenols is 1. The van der Waals surface area contributed by atoms with E-state index in [1.54, 1.807) is 48.5 Å². The predicted molar refractivity (Wildman–Crippen MR) is 78.7 cm³/mol. The molecule has 5 heteroatoms. The summed E-state index contributed by atoms with van der Waals surface area (Å²) in [4.78, 5) is 23.4. The van der Waals surface area contributed by atoms with E-state index >= 15 is 0 Å². The van der Waals surface area contributed by atoms with Crippen LogP contribution < -0.4 is 10.6 Å². The topological polar surface area (TPSA) is 78.4 Å². The molecule has 2 amide bonds. The maximum atomic E-state index is 11.7. The number of carbonyl (C=O) groups is 2. The van der Waals surface area contributed by atoms with Gasteiger partial charge >= 0.3 is 0 Å². The molecule has 2 aromatic carbocycles. The number of phenolic OH excluding ortho intramolecular Hbond substituents is 1. The van der Waals surface area contributed by atoms with E-state index in [2.05, 4.69) is 10.6 Å². The smallest absolute Gasteiger partial charge is 0.251 e. The first kappa shape index (κ1) is 14.6. The van der Waals surface area contributed by atoms with Gasteiger partial charge in [0, 0.05) is 12.1 Å². The van der Waals surface area contributed by atoms with Crippen molar-refractivity contribution in [3.63, 3.8) is 0 Å². The highest BCUT2D eigenvalue weighted by Gasteiger charge is 2.07. The van der Waals surface area contributed by atoms with Crippen LogP contribution in [0.4, 0.5) is 0 Å². The lowest BCUT2D eigenvalue weighted by molar-refractivity contribution is -0.120. The lowest BCUT2D eigenvalue weighted by Crippen LogP contribution is -2.36. The quantitative estimate of drug-likeness (QED) is 0.777. The third-order valence-electron chi connectivity index (χ3n) is 2.87. The van der Waals surface area contributed by atoms with Crippen molar-refractivity contribution in [1.82, 2.24) is 10.6 Å². The second-order valence-corrected chi connectivity index (χ2v) is 4.49. The average Bonchev–Trinajstić information content (AvgIpc) is 2.53. The maximum Gasteiger partial charge on any atom is 0.251 e. The van der Waals surface area contributed by atoms with Crippen LogP contribution in [0.25, 0.3) is 0 Å². The molecular weight excluding hydrogens is 268 g/mol. The Morgan fingerprint density at radius 3 is 2.24 bits per heavy atom. The van der Waals surface area contributed by atoms with E-state index in [1.165, 1.54) is 0 Å². The Kier molecular flexibility index (Phi) is 4.93. The molecule has 0 fully saturated rings. The zero-order valence-corrected chi connectivity index (χ0v) is 11.4.